The Hall–Kier alpha value is -2.17. The molecule has 0 heterocycles. The van der Waals surface area contributed by atoms with Gasteiger partial charge < -0.3 is 9.47 Å². The van der Waals surface area contributed by atoms with Crippen molar-refractivity contribution in [1.82, 2.24) is 0 Å². The standard InChI is InChI=1S/C11H10ClN3O3/c1-17-9-5-3-4-7(10(9)12)6-8(14-15-13)11(16)18-2/h3-6H,1-2H3/b8-6-. The molecule has 0 N–H and O–H groups in total. The fraction of sp³-hybridized carbons (Fsp3) is 0.182. The summed E-state index contributed by atoms with van der Waals surface area (Å²) in [6.07, 6.45) is 1.33. The molecule has 1 rings (SSSR count). The summed E-state index contributed by atoms with van der Waals surface area (Å²) >= 11 is 6.04. The predicted octanol–water partition coefficient (Wildman–Crippen LogP) is 3.17. The first-order chi connectivity index (χ1) is 8.63. The van der Waals surface area contributed by atoms with Crippen LogP contribution in [-0.4, -0.2) is 20.2 Å². The van der Waals surface area contributed by atoms with Crippen LogP contribution in [0.2, 0.25) is 5.02 Å². The minimum Gasteiger partial charge on any atom is -0.495 e. The van der Waals surface area contributed by atoms with Crippen LogP contribution < -0.4 is 4.74 Å². The Balaban J connectivity index is 3.28. The number of ether oxygens (including phenoxy) is 2. The molecule has 1 aromatic rings. The highest BCUT2D eigenvalue weighted by Crippen LogP contribution is 2.29. The predicted molar refractivity (Wildman–Crippen MR) is 67.1 cm³/mol. The van der Waals surface area contributed by atoms with Gasteiger partial charge in [0.1, 0.15) is 11.4 Å². The maximum Gasteiger partial charge on any atom is 0.340 e. The van der Waals surface area contributed by atoms with Gasteiger partial charge >= 0.3 is 5.97 Å². The van der Waals surface area contributed by atoms with E-state index >= 15 is 0 Å². The van der Waals surface area contributed by atoms with Crippen molar-refractivity contribution in [3.8, 4) is 5.75 Å². The summed E-state index contributed by atoms with van der Waals surface area (Å²) in [5, 5.41) is 3.57. The number of methoxy groups -OCH3 is 2. The minimum atomic E-state index is -0.744. The van der Waals surface area contributed by atoms with Crippen molar-refractivity contribution in [2.75, 3.05) is 14.2 Å². The second kappa shape index (κ2) is 6.54. The average molecular weight is 268 g/mol. The molecule has 6 nitrogen and oxygen atoms in total. The molecule has 0 spiro atoms. The largest absolute Gasteiger partial charge is 0.495 e. The van der Waals surface area contributed by atoms with Gasteiger partial charge in [-0.15, -0.1) is 0 Å². The van der Waals surface area contributed by atoms with Crippen molar-refractivity contribution in [2.24, 2.45) is 5.11 Å². The molecule has 0 aromatic heterocycles. The molecule has 7 heteroatoms. The zero-order valence-corrected chi connectivity index (χ0v) is 10.5. The lowest BCUT2D eigenvalue weighted by Crippen LogP contribution is -2.02. The third kappa shape index (κ3) is 3.16. The van der Waals surface area contributed by atoms with E-state index in [-0.39, 0.29) is 5.70 Å². The lowest BCUT2D eigenvalue weighted by Gasteiger charge is -2.06. The van der Waals surface area contributed by atoms with Crippen LogP contribution in [0.4, 0.5) is 0 Å². The van der Waals surface area contributed by atoms with Crippen LogP contribution in [-0.2, 0) is 9.53 Å². The van der Waals surface area contributed by atoms with Crippen LogP contribution in [0.3, 0.4) is 0 Å². The van der Waals surface area contributed by atoms with Crippen LogP contribution >= 0.6 is 11.6 Å². The first-order valence-corrected chi connectivity index (χ1v) is 5.19. The number of halogens is 1. The Bertz CT molecular complexity index is 536. The topological polar surface area (TPSA) is 84.3 Å². The van der Waals surface area contributed by atoms with E-state index in [1.54, 1.807) is 18.2 Å². The lowest BCUT2D eigenvalue weighted by molar-refractivity contribution is -0.136. The van der Waals surface area contributed by atoms with Gasteiger partial charge in [0.2, 0.25) is 0 Å². The van der Waals surface area contributed by atoms with E-state index in [1.165, 1.54) is 20.3 Å². The first kappa shape index (κ1) is 13.9. The maximum atomic E-state index is 11.3. The van der Waals surface area contributed by atoms with Crippen LogP contribution in [0.15, 0.2) is 29.0 Å². The molecule has 0 saturated heterocycles. The Morgan fingerprint density at radius 2 is 2.22 bits per heavy atom. The molecule has 0 amide bonds. The Morgan fingerprint density at radius 3 is 2.78 bits per heavy atom. The average Bonchev–Trinajstić information content (AvgIpc) is 2.39. The summed E-state index contributed by atoms with van der Waals surface area (Å²) in [5.41, 5.74) is 8.69. The number of hydrogen-bond donors (Lipinski definition) is 0. The summed E-state index contributed by atoms with van der Waals surface area (Å²) in [6, 6.07) is 5.02. The van der Waals surface area contributed by atoms with Gasteiger partial charge in [0.05, 0.1) is 19.2 Å². The number of carbonyl (C=O) groups excluding carboxylic acids is 1. The summed E-state index contributed by atoms with van der Waals surface area (Å²) in [7, 11) is 2.67. The highest BCUT2D eigenvalue weighted by Gasteiger charge is 2.10. The molecule has 0 atom stereocenters. The van der Waals surface area contributed by atoms with Crippen molar-refractivity contribution >= 4 is 23.6 Å². The van der Waals surface area contributed by atoms with Crippen LogP contribution in [0.25, 0.3) is 16.5 Å². The molecular weight excluding hydrogens is 258 g/mol. The van der Waals surface area contributed by atoms with Crippen molar-refractivity contribution in [3.05, 3.63) is 44.9 Å². The highest BCUT2D eigenvalue weighted by molar-refractivity contribution is 6.33. The van der Waals surface area contributed by atoms with Crippen LogP contribution in [0.5, 0.6) is 5.75 Å². The lowest BCUT2D eigenvalue weighted by atomic mass is 10.2. The van der Waals surface area contributed by atoms with E-state index < -0.39 is 5.97 Å². The fourth-order valence-electron chi connectivity index (χ4n) is 1.23. The molecule has 0 bridgehead atoms. The van der Waals surface area contributed by atoms with Gasteiger partial charge in [-0.3, -0.25) is 0 Å². The highest BCUT2D eigenvalue weighted by atomic mass is 35.5. The van der Waals surface area contributed by atoms with E-state index in [1.807, 2.05) is 0 Å². The summed E-state index contributed by atoms with van der Waals surface area (Å²) in [5.74, 6) is -0.290. The quantitative estimate of drug-likeness (QED) is 0.276. The molecular formula is C11H10ClN3O3. The molecule has 18 heavy (non-hydrogen) atoms. The SMILES string of the molecule is COC(=O)/C(=C/c1cccc(OC)c1Cl)N=[N+]=[N-]. The number of carbonyl (C=O) groups is 1. The summed E-state index contributed by atoms with van der Waals surface area (Å²) < 4.78 is 9.52. The van der Waals surface area contributed by atoms with Crippen molar-refractivity contribution < 1.29 is 14.3 Å². The van der Waals surface area contributed by atoms with Gasteiger partial charge in [-0.05, 0) is 23.2 Å². The number of hydrogen-bond acceptors (Lipinski definition) is 4. The zero-order chi connectivity index (χ0) is 13.5. The molecule has 0 aliphatic rings. The molecule has 0 fully saturated rings. The smallest absolute Gasteiger partial charge is 0.340 e. The molecule has 94 valence electrons. The molecule has 1 aromatic carbocycles. The second-order valence-corrected chi connectivity index (χ2v) is 3.45. The minimum absolute atomic E-state index is 0.185. The summed E-state index contributed by atoms with van der Waals surface area (Å²) in [4.78, 5) is 13.9. The van der Waals surface area contributed by atoms with Crippen LogP contribution in [0, 0.1) is 0 Å². The molecule has 0 aliphatic heterocycles. The first-order valence-electron chi connectivity index (χ1n) is 4.81. The van der Waals surface area contributed by atoms with Gasteiger partial charge in [0.25, 0.3) is 0 Å². The van der Waals surface area contributed by atoms with E-state index in [4.69, 9.17) is 21.9 Å². The van der Waals surface area contributed by atoms with E-state index in [2.05, 4.69) is 14.8 Å². The van der Waals surface area contributed by atoms with Gasteiger partial charge in [0, 0.05) is 4.91 Å². The second-order valence-electron chi connectivity index (χ2n) is 3.07. The Labute approximate surface area is 108 Å². The van der Waals surface area contributed by atoms with Gasteiger partial charge in [-0.25, -0.2) is 4.79 Å². The number of nitrogens with zero attached hydrogens (tertiary/aromatic N) is 3. The normalized spacial score (nSPS) is 10.5. The van der Waals surface area contributed by atoms with Crippen molar-refractivity contribution in [1.29, 1.82) is 0 Å². The van der Waals surface area contributed by atoms with Crippen molar-refractivity contribution in [3.63, 3.8) is 0 Å². The zero-order valence-electron chi connectivity index (χ0n) is 9.75. The number of benzene rings is 1. The third-order valence-corrected chi connectivity index (χ3v) is 2.46. The number of rotatable bonds is 4. The fourth-order valence-corrected chi connectivity index (χ4v) is 1.48. The Kier molecular flexibility index (Phi) is 5.05. The molecule has 0 unspecified atom stereocenters. The van der Waals surface area contributed by atoms with Crippen LogP contribution in [0.1, 0.15) is 5.56 Å². The number of esters is 1. The molecule has 0 aliphatic carbocycles. The summed E-state index contributed by atoms with van der Waals surface area (Å²) in [6.45, 7) is 0. The van der Waals surface area contributed by atoms with Gasteiger partial charge in [-0.1, -0.05) is 28.8 Å². The Morgan fingerprint density at radius 1 is 1.50 bits per heavy atom. The maximum absolute atomic E-state index is 11.3. The monoisotopic (exact) mass is 267 g/mol. The number of azide groups is 1. The van der Waals surface area contributed by atoms with E-state index in [9.17, 15) is 4.79 Å². The van der Waals surface area contributed by atoms with E-state index in [0.29, 0.717) is 16.3 Å². The molecule has 0 radical (unpaired) electrons. The molecule has 0 saturated carbocycles. The van der Waals surface area contributed by atoms with Gasteiger partial charge in [-0.2, -0.15) is 0 Å². The van der Waals surface area contributed by atoms with Crippen molar-refractivity contribution in [2.45, 2.75) is 0 Å². The van der Waals surface area contributed by atoms with E-state index in [0.717, 1.165) is 0 Å². The third-order valence-electron chi connectivity index (χ3n) is 2.05. The van der Waals surface area contributed by atoms with Gasteiger partial charge in [0.15, 0.2) is 0 Å².